The Kier molecular flexibility index (Phi) is 3.87. The molecule has 1 saturated heterocycles. The summed E-state index contributed by atoms with van der Waals surface area (Å²) in [5.41, 5.74) is 0. The van der Waals surface area contributed by atoms with Gasteiger partial charge in [0.05, 0.1) is 6.42 Å². The van der Waals surface area contributed by atoms with Gasteiger partial charge >= 0.3 is 5.97 Å². The Morgan fingerprint density at radius 1 is 1.35 bits per heavy atom. The zero-order valence-electron chi connectivity index (χ0n) is 9.62. The summed E-state index contributed by atoms with van der Waals surface area (Å²) in [5.74, 6) is 0.209. The van der Waals surface area contributed by atoms with Crippen LogP contribution in [-0.4, -0.2) is 58.7 Å². The average molecular weight is 236 g/mol. The van der Waals surface area contributed by atoms with E-state index in [9.17, 15) is 4.79 Å². The molecule has 1 aromatic rings. The number of carboxylic acid groups (broad SMARTS) is 1. The van der Waals surface area contributed by atoms with Gasteiger partial charge in [-0.3, -0.25) is 9.69 Å². The highest BCUT2D eigenvalue weighted by molar-refractivity contribution is 5.66. The molecule has 1 N–H and O–H groups in total. The van der Waals surface area contributed by atoms with Gasteiger partial charge in [0.2, 0.25) is 0 Å². The van der Waals surface area contributed by atoms with Crippen LogP contribution in [0.2, 0.25) is 0 Å². The third kappa shape index (κ3) is 3.39. The van der Waals surface area contributed by atoms with E-state index in [1.54, 1.807) is 12.5 Å². The van der Waals surface area contributed by atoms with Crippen LogP contribution in [0.1, 0.15) is 6.42 Å². The summed E-state index contributed by atoms with van der Waals surface area (Å²) in [6.45, 7) is 4.18. The van der Waals surface area contributed by atoms with Crippen molar-refractivity contribution in [3.05, 3.63) is 18.6 Å². The van der Waals surface area contributed by atoms with Gasteiger partial charge in [-0.1, -0.05) is 0 Å². The molecule has 0 unspecified atom stereocenters. The number of carboxylic acids is 1. The minimum Gasteiger partial charge on any atom is -0.481 e. The van der Waals surface area contributed by atoms with Crippen molar-refractivity contribution in [1.82, 2.24) is 14.9 Å². The number of aliphatic carboxylic acids is 1. The SMILES string of the molecule is O=C(O)CCN1CCN(c2ccncn2)CC1. The van der Waals surface area contributed by atoms with Crippen molar-refractivity contribution in [2.75, 3.05) is 37.6 Å². The third-order valence-electron chi connectivity index (χ3n) is 2.90. The molecule has 2 rings (SSSR count). The molecule has 17 heavy (non-hydrogen) atoms. The molecule has 0 spiro atoms. The van der Waals surface area contributed by atoms with Crippen LogP contribution in [-0.2, 0) is 4.79 Å². The van der Waals surface area contributed by atoms with Crippen molar-refractivity contribution in [2.45, 2.75) is 6.42 Å². The second-order valence-corrected chi connectivity index (χ2v) is 4.04. The molecule has 0 bridgehead atoms. The van der Waals surface area contributed by atoms with Gasteiger partial charge in [0.15, 0.2) is 0 Å². The fourth-order valence-corrected chi connectivity index (χ4v) is 1.93. The van der Waals surface area contributed by atoms with Crippen molar-refractivity contribution >= 4 is 11.8 Å². The molecule has 1 fully saturated rings. The van der Waals surface area contributed by atoms with E-state index in [4.69, 9.17) is 5.11 Å². The van der Waals surface area contributed by atoms with E-state index in [1.807, 2.05) is 6.07 Å². The molecule has 0 saturated carbocycles. The highest BCUT2D eigenvalue weighted by Crippen LogP contribution is 2.11. The van der Waals surface area contributed by atoms with Crippen molar-refractivity contribution < 1.29 is 9.90 Å². The standard InChI is InChI=1S/C11H16N4O2/c16-11(17)2-4-14-5-7-15(8-6-14)10-1-3-12-9-13-10/h1,3,9H,2,4-8H2,(H,16,17). The minimum absolute atomic E-state index is 0.216. The summed E-state index contributed by atoms with van der Waals surface area (Å²) in [7, 11) is 0. The van der Waals surface area contributed by atoms with Gasteiger partial charge in [0.1, 0.15) is 12.1 Å². The maximum atomic E-state index is 10.5. The Balaban J connectivity index is 1.80. The van der Waals surface area contributed by atoms with E-state index in [2.05, 4.69) is 19.8 Å². The predicted molar refractivity (Wildman–Crippen MR) is 62.9 cm³/mol. The zero-order valence-corrected chi connectivity index (χ0v) is 9.62. The number of aromatic nitrogens is 2. The van der Waals surface area contributed by atoms with Gasteiger partial charge < -0.3 is 10.0 Å². The fourth-order valence-electron chi connectivity index (χ4n) is 1.93. The van der Waals surface area contributed by atoms with E-state index in [0.717, 1.165) is 32.0 Å². The van der Waals surface area contributed by atoms with Gasteiger partial charge in [0, 0.05) is 38.9 Å². The summed E-state index contributed by atoms with van der Waals surface area (Å²) in [4.78, 5) is 22.9. The Hall–Kier alpha value is -1.69. The largest absolute Gasteiger partial charge is 0.481 e. The first-order valence-electron chi connectivity index (χ1n) is 5.71. The van der Waals surface area contributed by atoms with Gasteiger partial charge in [0.25, 0.3) is 0 Å². The summed E-state index contributed by atoms with van der Waals surface area (Å²) in [5, 5.41) is 8.62. The summed E-state index contributed by atoms with van der Waals surface area (Å²) in [6, 6.07) is 1.90. The first-order valence-corrected chi connectivity index (χ1v) is 5.71. The lowest BCUT2D eigenvalue weighted by Gasteiger charge is -2.34. The van der Waals surface area contributed by atoms with Gasteiger partial charge in [-0.05, 0) is 6.07 Å². The molecule has 0 amide bonds. The molecule has 0 radical (unpaired) electrons. The molecular formula is C11H16N4O2. The predicted octanol–water partition coefficient (Wildman–Crippen LogP) is 0.0733. The summed E-state index contributed by atoms with van der Waals surface area (Å²) < 4.78 is 0. The van der Waals surface area contributed by atoms with E-state index >= 15 is 0 Å². The molecule has 1 aromatic heterocycles. The molecule has 92 valence electrons. The van der Waals surface area contributed by atoms with Crippen molar-refractivity contribution in [3.63, 3.8) is 0 Å². The van der Waals surface area contributed by atoms with Crippen molar-refractivity contribution in [1.29, 1.82) is 0 Å². The first kappa shape index (κ1) is 11.8. The highest BCUT2D eigenvalue weighted by atomic mass is 16.4. The molecule has 0 aromatic carbocycles. The van der Waals surface area contributed by atoms with Crippen LogP contribution in [0, 0.1) is 0 Å². The molecule has 1 aliphatic heterocycles. The lowest BCUT2D eigenvalue weighted by atomic mass is 10.3. The minimum atomic E-state index is -0.733. The second kappa shape index (κ2) is 5.58. The van der Waals surface area contributed by atoms with E-state index in [-0.39, 0.29) is 6.42 Å². The van der Waals surface area contributed by atoms with E-state index in [1.165, 1.54) is 0 Å². The summed E-state index contributed by atoms with van der Waals surface area (Å²) >= 11 is 0. The molecule has 1 aliphatic rings. The lowest BCUT2D eigenvalue weighted by Crippen LogP contribution is -2.47. The second-order valence-electron chi connectivity index (χ2n) is 4.04. The normalized spacial score (nSPS) is 17.1. The Morgan fingerprint density at radius 2 is 2.12 bits per heavy atom. The number of hydrogen-bond acceptors (Lipinski definition) is 5. The van der Waals surface area contributed by atoms with Crippen LogP contribution in [0.5, 0.6) is 0 Å². The third-order valence-corrected chi connectivity index (χ3v) is 2.90. The molecule has 0 atom stereocenters. The smallest absolute Gasteiger partial charge is 0.304 e. The number of anilines is 1. The van der Waals surface area contributed by atoms with Crippen LogP contribution in [0.3, 0.4) is 0 Å². The average Bonchev–Trinajstić information content (AvgIpc) is 2.38. The molecule has 0 aliphatic carbocycles. The molecule has 2 heterocycles. The van der Waals surface area contributed by atoms with Gasteiger partial charge in [-0.15, -0.1) is 0 Å². The maximum Gasteiger partial charge on any atom is 0.304 e. The molecule has 6 heteroatoms. The number of piperazine rings is 1. The molecule has 6 nitrogen and oxygen atoms in total. The first-order chi connectivity index (χ1) is 8.25. The quantitative estimate of drug-likeness (QED) is 0.798. The van der Waals surface area contributed by atoms with Crippen LogP contribution in [0.4, 0.5) is 5.82 Å². The topological polar surface area (TPSA) is 69.6 Å². The number of hydrogen-bond donors (Lipinski definition) is 1. The van der Waals surface area contributed by atoms with Gasteiger partial charge in [-0.2, -0.15) is 0 Å². The van der Waals surface area contributed by atoms with Crippen molar-refractivity contribution in [3.8, 4) is 0 Å². The maximum absolute atomic E-state index is 10.5. The van der Waals surface area contributed by atoms with Crippen molar-refractivity contribution in [2.24, 2.45) is 0 Å². The fraction of sp³-hybridized carbons (Fsp3) is 0.545. The van der Waals surface area contributed by atoms with E-state index < -0.39 is 5.97 Å². The highest BCUT2D eigenvalue weighted by Gasteiger charge is 2.17. The summed E-state index contributed by atoms with van der Waals surface area (Å²) in [6.07, 6.45) is 3.50. The van der Waals surface area contributed by atoms with Crippen LogP contribution in [0.15, 0.2) is 18.6 Å². The van der Waals surface area contributed by atoms with Gasteiger partial charge in [-0.25, -0.2) is 9.97 Å². The Morgan fingerprint density at radius 3 is 2.71 bits per heavy atom. The van der Waals surface area contributed by atoms with E-state index in [0.29, 0.717) is 6.54 Å². The van der Waals surface area contributed by atoms with Crippen LogP contribution >= 0.6 is 0 Å². The number of nitrogens with zero attached hydrogens (tertiary/aromatic N) is 4. The zero-order chi connectivity index (χ0) is 12.1. The lowest BCUT2D eigenvalue weighted by molar-refractivity contribution is -0.137. The number of carbonyl (C=O) groups is 1. The van der Waals surface area contributed by atoms with Crippen LogP contribution < -0.4 is 4.90 Å². The Labute approximate surface area is 99.9 Å². The number of rotatable bonds is 4. The molecular weight excluding hydrogens is 220 g/mol. The monoisotopic (exact) mass is 236 g/mol. The van der Waals surface area contributed by atoms with Crippen LogP contribution in [0.25, 0.3) is 0 Å². The Bertz CT molecular complexity index is 363.